The van der Waals surface area contributed by atoms with E-state index < -0.39 is 6.17 Å². The van der Waals surface area contributed by atoms with E-state index in [2.05, 4.69) is 22.5 Å². The molecule has 5 unspecified atom stereocenters. The van der Waals surface area contributed by atoms with Crippen molar-refractivity contribution in [3.8, 4) is 0 Å². The van der Waals surface area contributed by atoms with E-state index in [1.54, 1.807) is 0 Å². The van der Waals surface area contributed by atoms with Crippen LogP contribution in [0.2, 0.25) is 0 Å². The molecular weight excluding hydrogens is 371 g/mol. The average Bonchev–Trinajstić information content (AvgIpc) is 3.10. The van der Waals surface area contributed by atoms with Crippen LogP contribution < -0.4 is 10.6 Å². The second-order valence-corrected chi connectivity index (χ2v) is 9.84. The molecule has 4 rings (SSSR count). The topological polar surface area (TPSA) is 64.7 Å². The normalized spacial score (nSPS) is 41.7. The number of hydrogen-bond donors (Lipinski definition) is 2. The van der Waals surface area contributed by atoms with Crippen molar-refractivity contribution in [2.45, 2.75) is 88.6 Å². The number of likely N-dealkylation sites (N-methyl/N-ethyl adjacent to an activating group) is 1. The Labute approximate surface area is 173 Å². The molecule has 2 saturated carbocycles. The van der Waals surface area contributed by atoms with E-state index in [0.717, 1.165) is 51.7 Å². The molecule has 4 aliphatic rings. The van der Waals surface area contributed by atoms with Crippen molar-refractivity contribution in [1.29, 1.82) is 0 Å². The van der Waals surface area contributed by atoms with E-state index in [4.69, 9.17) is 0 Å². The average molecular weight is 409 g/mol. The first kappa shape index (κ1) is 21.0. The fraction of sp³-hybridized carbons (Fsp3) is 0.909. The number of nitrogens with zero attached hydrogens (tertiary/aromatic N) is 2. The zero-order chi connectivity index (χ0) is 20.5. The monoisotopic (exact) mass is 408 g/mol. The maximum absolute atomic E-state index is 14.3. The van der Waals surface area contributed by atoms with Crippen LogP contribution in [-0.4, -0.2) is 78.6 Å². The van der Waals surface area contributed by atoms with Crippen molar-refractivity contribution in [3.05, 3.63) is 0 Å². The van der Waals surface area contributed by atoms with Gasteiger partial charge in [-0.3, -0.25) is 14.5 Å². The second kappa shape index (κ2) is 8.88. The van der Waals surface area contributed by atoms with Crippen molar-refractivity contribution in [3.63, 3.8) is 0 Å². The molecule has 2 saturated heterocycles. The Morgan fingerprint density at radius 3 is 2.76 bits per heavy atom. The maximum atomic E-state index is 14.3. The summed E-state index contributed by atoms with van der Waals surface area (Å²) in [6.07, 6.45) is 6.17. The lowest BCUT2D eigenvalue weighted by atomic mass is 9.77. The molecule has 6 nitrogen and oxygen atoms in total. The van der Waals surface area contributed by atoms with Gasteiger partial charge in [-0.25, -0.2) is 4.39 Å². The van der Waals surface area contributed by atoms with Crippen LogP contribution in [0.4, 0.5) is 4.39 Å². The molecule has 2 heterocycles. The summed E-state index contributed by atoms with van der Waals surface area (Å²) in [5, 5.41) is 6.72. The number of nitrogens with one attached hydrogen (secondary N) is 2. The molecule has 0 spiro atoms. The van der Waals surface area contributed by atoms with Crippen LogP contribution in [0.25, 0.3) is 0 Å². The van der Waals surface area contributed by atoms with E-state index in [-0.39, 0.29) is 35.9 Å². The summed E-state index contributed by atoms with van der Waals surface area (Å²) in [7, 11) is 1.88. The molecule has 29 heavy (non-hydrogen) atoms. The van der Waals surface area contributed by atoms with Gasteiger partial charge in [0.25, 0.3) is 0 Å². The molecule has 0 bridgehead atoms. The predicted octanol–water partition coefficient (Wildman–Crippen LogP) is 1.69. The number of carbonyl (C=O) groups is 2. The number of amides is 2. The summed E-state index contributed by atoms with van der Waals surface area (Å²) >= 11 is 0. The Kier molecular flexibility index (Phi) is 6.44. The van der Waals surface area contributed by atoms with E-state index >= 15 is 0 Å². The third kappa shape index (κ3) is 4.61. The number of halogens is 1. The van der Waals surface area contributed by atoms with Crippen molar-refractivity contribution < 1.29 is 14.0 Å². The summed E-state index contributed by atoms with van der Waals surface area (Å²) in [6.45, 7) is 4.68. The van der Waals surface area contributed by atoms with Gasteiger partial charge in [-0.2, -0.15) is 0 Å². The Morgan fingerprint density at radius 2 is 1.97 bits per heavy atom. The van der Waals surface area contributed by atoms with Crippen LogP contribution in [0.3, 0.4) is 0 Å². The van der Waals surface area contributed by atoms with Crippen molar-refractivity contribution in [2.75, 3.05) is 26.7 Å². The van der Waals surface area contributed by atoms with Gasteiger partial charge in [0.15, 0.2) is 0 Å². The highest BCUT2D eigenvalue weighted by molar-refractivity contribution is 5.82. The molecule has 2 aliphatic heterocycles. The van der Waals surface area contributed by atoms with Crippen molar-refractivity contribution in [2.24, 2.45) is 11.8 Å². The first-order valence-corrected chi connectivity index (χ1v) is 11.6. The smallest absolute Gasteiger partial charge is 0.237 e. The van der Waals surface area contributed by atoms with Gasteiger partial charge in [0, 0.05) is 57.1 Å². The molecule has 164 valence electrons. The number of carbonyl (C=O) groups excluding carboxylic acids is 2. The predicted molar refractivity (Wildman–Crippen MR) is 110 cm³/mol. The van der Waals surface area contributed by atoms with E-state index in [9.17, 15) is 14.0 Å². The number of rotatable bonds is 3. The van der Waals surface area contributed by atoms with Crippen LogP contribution in [0.15, 0.2) is 0 Å². The highest BCUT2D eigenvalue weighted by atomic mass is 19.1. The third-order valence-corrected chi connectivity index (χ3v) is 7.93. The quantitative estimate of drug-likeness (QED) is 0.746. The zero-order valence-electron chi connectivity index (χ0n) is 17.9. The van der Waals surface area contributed by atoms with E-state index in [0.29, 0.717) is 31.2 Å². The van der Waals surface area contributed by atoms with Crippen LogP contribution >= 0.6 is 0 Å². The van der Waals surface area contributed by atoms with Crippen LogP contribution in [0.5, 0.6) is 0 Å². The first-order valence-electron chi connectivity index (χ1n) is 11.6. The summed E-state index contributed by atoms with van der Waals surface area (Å²) in [5.74, 6) is 0.700. The molecular formula is C22H37FN4O2. The highest BCUT2D eigenvalue weighted by Crippen LogP contribution is 2.38. The lowest BCUT2D eigenvalue weighted by molar-refractivity contribution is -0.129. The summed E-state index contributed by atoms with van der Waals surface area (Å²) < 4.78 is 14.3. The third-order valence-electron chi connectivity index (χ3n) is 7.93. The summed E-state index contributed by atoms with van der Waals surface area (Å²) in [5.41, 5.74) is 0. The molecule has 0 aromatic rings. The highest BCUT2D eigenvalue weighted by Gasteiger charge is 2.46. The molecule has 7 atom stereocenters. The standard InChI is InChI=1S/C22H37FN4O2/c1-14-6-7-18(23)17-13-19(25-21(14)17)22(29)24-15-4-3-5-16(12-15)27-9-8-20(28)26(2)10-11-27/h14-19,21,25H,3-13H2,1-2H3,(H,24,29)/t14?,15-,16-,17?,18?,19?,21?/m1/s1. The number of fused-ring (bicyclic) bond motifs is 1. The van der Waals surface area contributed by atoms with Gasteiger partial charge in [0.2, 0.25) is 11.8 Å². The minimum Gasteiger partial charge on any atom is -0.352 e. The lowest BCUT2D eigenvalue weighted by Crippen LogP contribution is -2.51. The van der Waals surface area contributed by atoms with Crippen molar-refractivity contribution >= 4 is 11.8 Å². The Bertz CT molecular complexity index is 600. The van der Waals surface area contributed by atoms with Gasteiger partial charge in [0.05, 0.1) is 6.04 Å². The molecule has 2 aliphatic carbocycles. The fourth-order valence-electron chi connectivity index (χ4n) is 6.04. The van der Waals surface area contributed by atoms with Gasteiger partial charge in [-0.1, -0.05) is 6.92 Å². The number of alkyl halides is 1. The molecule has 0 aromatic heterocycles. The van der Waals surface area contributed by atoms with Gasteiger partial charge < -0.3 is 15.5 Å². The minimum absolute atomic E-state index is 0.0137. The first-order chi connectivity index (χ1) is 13.9. The maximum Gasteiger partial charge on any atom is 0.237 e. The summed E-state index contributed by atoms with van der Waals surface area (Å²) in [4.78, 5) is 29.2. The molecule has 4 fully saturated rings. The zero-order valence-corrected chi connectivity index (χ0v) is 17.9. The Hall–Kier alpha value is -1.21. The number of hydrogen-bond acceptors (Lipinski definition) is 4. The minimum atomic E-state index is -0.774. The van der Waals surface area contributed by atoms with Crippen molar-refractivity contribution in [1.82, 2.24) is 20.4 Å². The lowest BCUT2D eigenvalue weighted by Gasteiger charge is -2.37. The van der Waals surface area contributed by atoms with Gasteiger partial charge in [-0.05, 0) is 50.9 Å². The van der Waals surface area contributed by atoms with E-state index in [1.807, 2.05) is 11.9 Å². The van der Waals surface area contributed by atoms with E-state index in [1.165, 1.54) is 0 Å². The van der Waals surface area contributed by atoms with Crippen LogP contribution in [0, 0.1) is 11.8 Å². The largest absolute Gasteiger partial charge is 0.352 e. The fourth-order valence-corrected chi connectivity index (χ4v) is 6.04. The van der Waals surface area contributed by atoms with Crippen LogP contribution in [0.1, 0.15) is 58.3 Å². The Balaban J connectivity index is 1.30. The van der Waals surface area contributed by atoms with Gasteiger partial charge in [0.1, 0.15) is 6.17 Å². The SMILES string of the molecule is CC1CCC(F)C2CC(C(=O)N[C@@H]3CCC[C@@H](N4CCC(=O)N(C)CC4)C3)NC12. The second-order valence-electron chi connectivity index (χ2n) is 9.84. The summed E-state index contributed by atoms with van der Waals surface area (Å²) in [6, 6.07) is 0.498. The Morgan fingerprint density at radius 1 is 1.14 bits per heavy atom. The van der Waals surface area contributed by atoms with Crippen LogP contribution in [-0.2, 0) is 9.59 Å². The molecule has 0 aromatic carbocycles. The molecule has 2 N–H and O–H groups in total. The van der Waals surface area contributed by atoms with Gasteiger partial charge >= 0.3 is 0 Å². The van der Waals surface area contributed by atoms with Gasteiger partial charge in [-0.15, -0.1) is 0 Å². The molecule has 2 amide bonds. The molecule has 0 radical (unpaired) electrons. The molecule has 7 heteroatoms.